The fourth-order valence-electron chi connectivity index (χ4n) is 2.93. The number of aliphatic imine (C=N–C) groups is 1. The van der Waals surface area contributed by atoms with E-state index < -0.39 is 0 Å². The number of hydrogen-bond acceptors (Lipinski definition) is 2. The van der Waals surface area contributed by atoms with Gasteiger partial charge in [0.25, 0.3) is 0 Å². The fourth-order valence-corrected chi connectivity index (χ4v) is 2.93. The zero-order valence-corrected chi connectivity index (χ0v) is 12.3. The first-order valence-electron chi connectivity index (χ1n) is 7.42. The standard InChI is InChI=1S/C20H15NO/c1-13-6-8-15(9-7-13)18-12-19(22)17-11-10-14-4-2-3-5-16(14)20(17)21-18/h2-11H,12H2,1H3. The Hall–Kier alpha value is -2.74. The molecule has 22 heavy (non-hydrogen) atoms. The molecule has 0 fully saturated rings. The van der Waals surface area contributed by atoms with Crippen molar-refractivity contribution in [1.29, 1.82) is 0 Å². The van der Waals surface area contributed by atoms with Gasteiger partial charge < -0.3 is 0 Å². The monoisotopic (exact) mass is 285 g/mol. The minimum Gasteiger partial charge on any atom is -0.294 e. The second-order valence-corrected chi connectivity index (χ2v) is 5.71. The van der Waals surface area contributed by atoms with Crippen molar-refractivity contribution in [3.63, 3.8) is 0 Å². The molecule has 3 aromatic rings. The third kappa shape index (κ3) is 2.04. The van der Waals surface area contributed by atoms with Crippen LogP contribution in [0.25, 0.3) is 10.8 Å². The molecule has 0 aromatic heterocycles. The van der Waals surface area contributed by atoms with Crippen molar-refractivity contribution in [3.05, 3.63) is 77.4 Å². The van der Waals surface area contributed by atoms with Crippen molar-refractivity contribution < 1.29 is 4.79 Å². The lowest BCUT2D eigenvalue weighted by atomic mass is 9.93. The van der Waals surface area contributed by atoms with Crippen LogP contribution in [0.2, 0.25) is 0 Å². The number of nitrogens with zero attached hydrogens (tertiary/aromatic N) is 1. The first-order chi connectivity index (χ1) is 10.7. The Morgan fingerprint density at radius 2 is 1.68 bits per heavy atom. The van der Waals surface area contributed by atoms with Gasteiger partial charge in [0, 0.05) is 10.9 Å². The smallest absolute Gasteiger partial charge is 0.171 e. The number of ketones is 1. The van der Waals surface area contributed by atoms with Crippen LogP contribution in [-0.2, 0) is 0 Å². The van der Waals surface area contributed by atoms with E-state index in [2.05, 4.69) is 25.1 Å². The Morgan fingerprint density at radius 3 is 2.50 bits per heavy atom. The van der Waals surface area contributed by atoms with Crippen LogP contribution in [0.5, 0.6) is 0 Å². The predicted octanol–water partition coefficient (Wildman–Crippen LogP) is 4.86. The van der Waals surface area contributed by atoms with E-state index in [9.17, 15) is 4.79 Å². The topological polar surface area (TPSA) is 29.4 Å². The summed E-state index contributed by atoms with van der Waals surface area (Å²) in [4.78, 5) is 17.3. The molecular weight excluding hydrogens is 270 g/mol. The van der Waals surface area contributed by atoms with Crippen molar-refractivity contribution in [1.82, 2.24) is 0 Å². The molecule has 0 saturated heterocycles. The Balaban J connectivity index is 1.95. The Kier molecular flexibility index (Phi) is 2.90. The number of rotatable bonds is 1. The highest BCUT2D eigenvalue weighted by Gasteiger charge is 2.22. The van der Waals surface area contributed by atoms with E-state index in [1.807, 2.05) is 42.5 Å². The van der Waals surface area contributed by atoms with Gasteiger partial charge in [-0.3, -0.25) is 9.79 Å². The molecule has 1 aliphatic rings. The van der Waals surface area contributed by atoms with Gasteiger partial charge in [-0.1, -0.05) is 60.2 Å². The number of fused-ring (bicyclic) bond motifs is 3. The summed E-state index contributed by atoms with van der Waals surface area (Å²) in [7, 11) is 0. The van der Waals surface area contributed by atoms with Crippen LogP contribution < -0.4 is 0 Å². The summed E-state index contributed by atoms with van der Waals surface area (Å²) in [5.41, 5.74) is 4.63. The number of Topliss-reactive ketones (excluding diaryl/α,β-unsaturated/α-hetero) is 1. The molecule has 0 aliphatic carbocycles. The third-order valence-corrected chi connectivity index (χ3v) is 4.16. The summed E-state index contributed by atoms with van der Waals surface area (Å²) < 4.78 is 0. The summed E-state index contributed by atoms with van der Waals surface area (Å²) in [5.74, 6) is 0.145. The molecule has 106 valence electrons. The van der Waals surface area contributed by atoms with Crippen molar-refractivity contribution in [3.8, 4) is 0 Å². The van der Waals surface area contributed by atoms with Crippen molar-refractivity contribution in [2.45, 2.75) is 13.3 Å². The van der Waals surface area contributed by atoms with Gasteiger partial charge in [-0.15, -0.1) is 0 Å². The van der Waals surface area contributed by atoms with Gasteiger partial charge >= 0.3 is 0 Å². The van der Waals surface area contributed by atoms with Crippen LogP contribution >= 0.6 is 0 Å². The van der Waals surface area contributed by atoms with Gasteiger partial charge in [-0.05, 0) is 23.9 Å². The molecule has 3 aromatic carbocycles. The first kappa shape index (κ1) is 13.0. The first-order valence-corrected chi connectivity index (χ1v) is 7.42. The van der Waals surface area contributed by atoms with Crippen LogP contribution in [0.15, 0.2) is 65.7 Å². The maximum atomic E-state index is 12.5. The molecule has 0 amide bonds. The molecule has 2 heteroatoms. The highest BCUT2D eigenvalue weighted by Crippen LogP contribution is 2.35. The van der Waals surface area contributed by atoms with Crippen molar-refractivity contribution in [2.24, 2.45) is 4.99 Å². The van der Waals surface area contributed by atoms with Crippen LogP contribution in [-0.4, -0.2) is 11.5 Å². The van der Waals surface area contributed by atoms with E-state index in [1.165, 1.54) is 5.56 Å². The molecule has 0 N–H and O–H groups in total. The minimum absolute atomic E-state index is 0.145. The SMILES string of the molecule is Cc1ccc(C2=Nc3c(ccc4ccccc34)C(=O)C2)cc1. The zero-order chi connectivity index (χ0) is 15.1. The number of benzene rings is 3. The Labute approximate surface area is 129 Å². The van der Waals surface area contributed by atoms with Gasteiger partial charge in [-0.25, -0.2) is 0 Å². The van der Waals surface area contributed by atoms with E-state index in [0.717, 1.165) is 33.3 Å². The Bertz CT molecular complexity index is 920. The van der Waals surface area contributed by atoms with Crippen LogP contribution in [0.4, 0.5) is 5.69 Å². The molecule has 1 aliphatic heterocycles. The average molecular weight is 285 g/mol. The summed E-state index contributed by atoms with van der Waals surface area (Å²) in [5, 5.41) is 2.15. The summed E-state index contributed by atoms with van der Waals surface area (Å²) in [6, 6.07) is 20.2. The number of carbonyl (C=O) groups is 1. The molecule has 0 radical (unpaired) electrons. The summed E-state index contributed by atoms with van der Waals surface area (Å²) in [6.45, 7) is 2.06. The van der Waals surface area contributed by atoms with Gasteiger partial charge in [0.2, 0.25) is 0 Å². The van der Waals surface area contributed by atoms with E-state index in [0.29, 0.717) is 6.42 Å². The van der Waals surface area contributed by atoms with E-state index in [-0.39, 0.29) is 5.78 Å². The quantitative estimate of drug-likeness (QED) is 0.628. The molecule has 0 spiro atoms. The fraction of sp³-hybridized carbons (Fsp3) is 0.100. The Morgan fingerprint density at radius 1 is 0.909 bits per heavy atom. The molecule has 0 saturated carbocycles. The van der Waals surface area contributed by atoms with E-state index >= 15 is 0 Å². The maximum Gasteiger partial charge on any atom is 0.171 e. The zero-order valence-electron chi connectivity index (χ0n) is 12.3. The number of hydrogen-bond donors (Lipinski definition) is 0. The maximum absolute atomic E-state index is 12.5. The van der Waals surface area contributed by atoms with Gasteiger partial charge in [0.1, 0.15) is 0 Å². The molecule has 0 atom stereocenters. The lowest BCUT2D eigenvalue weighted by Crippen LogP contribution is -2.14. The molecule has 1 heterocycles. The van der Waals surface area contributed by atoms with Gasteiger partial charge in [0.15, 0.2) is 5.78 Å². The molecule has 0 bridgehead atoms. The van der Waals surface area contributed by atoms with Crippen LogP contribution in [0.1, 0.15) is 27.9 Å². The number of carbonyl (C=O) groups excluding carboxylic acids is 1. The summed E-state index contributed by atoms with van der Waals surface area (Å²) in [6.07, 6.45) is 0.369. The van der Waals surface area contributed by atoms with E-state index in [4.69, 9.17) is 4.99 Å². The predicted molar refractivity (Wildman–Crippen MR) is 90.3 cm³/mol. The van der Waals surface area contributed by atoms with Crippen molar-refractivity contribution >= 4 is 28.0 Å². The largest absolute Gasteiger partial charge is 0.294 e. The lowest BCUT2D eigenvalue weighted by molar-refractivity contribution is 0.1000. The molecule has 2 nitrogen and oxygen atoms in total. The highest BCUT2D eigenvalue weighted by atomic mass is 16.1. The van der Waals surface area contributed by atoms with Crippen molar-refractivity contribution in [2.75, 3.05) is 0 Å². The molecular formula is C20H15NO. The van der Waals surface area contributed by atoms with Gasteiger partial charge in [0.05, 0.1) is 17.8 Å². The van der Waals surface area contributed by atoms with Crippen LogP contribution in [0.3, 0.4) is 0 Å². The normalized spacial score (nSPS) is 13.9. The van der Waals surface area contributed by atoms with E-state index in [1.54, 1.807) is 0 Å². The third-order valence-electron chi connectivity index (χ3n) is 4.16. The average Bonchev–Trinajstić information content (AvgIpc) is 2.55. The second-order valence-electron chi connectivity index (χ2n) is 5.71. The second kappa shape index (κ2) is 4.92. The minimum atomic E-state index is 0.145. The van der Waals surface area contributed by atoms with Crippen LogP contribution in [0, 0.1) is 6.92 Å². The summed E-state index contributed by atoms with van der Waals surface area (Å²) >= 11 is 0. The molecule has 4 rings (SSSR count). The number of aryl methyl sites for hydroxylation is 1. The highest BCUT2D eigenvalue weighted by molar-refractivity contribution is 6.23. The lowest BCUT2D eigenvalue weighted by Gasteiger charge is -2.17. The molecule has 0 unspecified atom stereocenters. The van der Waals surface area contributed by atoms with Gasteiger partial charge in [-0.2, -0.15) is 0 Å².